The molecule has 1 saturated heterocycles. The van der Waals surface area contributed by atoms with Gasteiger partial charge < -0.3 is 9.64 Å². The molecule has 1 aromatic heterocycles. The van der Waals surface area contributed by atoms with E-state index in [2.05, 4.69) is 14.9 Å². The van der Waals surface area contributed by atoms with Gasteiger partial charge >= 0.3 is 5.97 Å². The van der Waals surface area contributed by atoms with Gasteiger partial charge in [0.25, 0.3) is 0 Å². The standard InChI is InChI=1S/C14H20ClN3O2/c1-4-11-12(15)16-9(2)17-13(11)18-7-5-6-10(8-18)14(19)20-3/h10H,4-8H2,1-3H3/t10-/m1/s1. The van der Waals surface area contributed by atoms with Gasteiger partial charge in [-0.3, -0.25) is 4.79 Å². The Labute approximate surface area is 124 Å². The number of halogens is 1. The van der Waals surface area contributed by atoms with Crippen LogP contribution in [0.15, 0.2) is 0 Å². The molecule has 1 aromatic rings. The first-order valence-corrected chi connectivity index (χ1v) is 7.30. The molecule has 1 aliphatic rings. The Kier molecular flexibility index (Phi) is 4.81. The molecule has 0 N–H and O–H groups in total. The largest absolute Gasteiger partial charge is 0.469 e. The molecular formula is C14H20ClN3O2. The quantitative estimate of drug-likeness (QED) is 0.633. The van der Waals surface area contributed by atoms with Crippen LogP contribution < -0.4 is 4.90 Å². The summed E-state index contributed by atoms with van der Waals surface area (Å²) in [6.45, 7) is 5.38. The molecule has 0 aliphatic carbocycles. The van der Waals surface area contributed by atoms with Crippen LogP contribution in [0.5, 0.6) is 0 Å². The van der Waals surface area contributed by atoms with Gasteiger partial charge in [-0.05, 0) is 26.2 Å². The number of nitrogens with zero attached hydrogens (tertiary/aromatic N) is 3. The molecule has 1 aliphatic heterocycles. The molecule has 0 radical (unpaired) electrons. The molecule has 1 atom stereocenters. The molecule has 0 amide bonds. The maximum absolute atomic E-state index is 11.7. The third-order valence-electron chi connectivity index (χ3n) is 3.66. The molecule has 2 rings (SSSR count). The van der Waals surface area contributed by atoms with Crippen LogP contribution in [0.3, 0.4) is 0 Å². The van der Waals surface area contributed by atoms with Gasteiger partial charge in [-0.15, -0.1) is 0 Å². The number of aromatic nitrogens is 2. The van der Waals surface area contributed by atoms with E-state index >= 15 is 0 Å². The summed E-state index contributed by atoms with van der Waals surface area (Å²) in [7, 11) is 1.43. The summed E-state index contributed by atoms with van der Waals surface area (Å²) in [5, 5.41) is 0.509. The van der Waals surface area contributed by atoms with E-state index in [9.17, 15) is 4.79 Å². The number of piperidine rings is 1. The smallest absolute Gasteiger partial charge is 0.310 e. The van der Waals surface area contributed by atoms with Crippen LogP contribution in [0.2, 0.25) is 5.15 Å². The zero-order chi connectivity index (χ0) is 14.7. The minimum Gasteiger partial charge on any atom is -0.469 e. The van der Waals surface area contributed by atoms with Crippen LogP contribution in [0.1, 0.15) is 31.2 Å². The molecule has 110 valence electrons. The molecule has 0 spiro atoms. The van der Waals surface area contributed by atoms with Crippen molar-refractivity contribution in [3.8, 4) is 0 Å². The van der Waals surface area contributed by atoms with E-state index in [0.717, 1.165) is 37.2 Å². The zero-order valence-electron chi connectivity index (χ0n) is 12.1. The normalized spacial score (nSPS) is 19.0. The Morgan fingerprint density at radius 1 is 1.50 bits per heavy atom. The van der Waals surface area contributed by atoms with Crippen molar-refractivity contribution in [1.29, 1.82) is 0 Å². The second-order valence-corrected chi connectivity index (χ2v) is 5.38. The van der Waals surface area contributed by atoms with Crippen molar-refractivity contribution >= 4 is 23.4 Å². The van der Waals surface area contributed by atoms with Gasteiger partial charge in [0.05, 0.1) is 13.0 Å². The molecule has 0 aromatic carbocycles. The number of ether oxygens (including phenoxy) is 1. The molecule has 0 unspecified atom stereocenters. The molecule has 5 nitrogen and oxygen atoms in total. The van der Waals surface area contributed by atoms with Gasteiger partial charge in [0.1, 0.15) is 16.8 Å². The average molecular weight is 298 g/mol. The molecule has 1 fully saturated rings. The van der Waals surface area contributed by atoms with E-state index in [1.54, 1.807) is 0 Å². The van der Waals surface area contributed by atoms with Crippen molar-refractivity contribution in [1.82, 2.24) is 9.97 Å². The van der Waals surface area contributed by atoms with Crippen LogP contribution in [-0.4, -0.2) is 36.1 Å². The van der Waals surface area contributed by atoms with E-state index < -0.39 is 0 Å². The van der Waals surface area contributed by atoms with Crippen molar-refractivity contribution in [2.75, 3.05) is 25.1 Å². The maximum Gasteiger partial charge on any atom is 0.310 e. The van der Waals surface area contributed by atoms with Crippen molar-refractivity contribution in [2.45, 2.75) is 33.1 Å². The number of methoxy groups -OCH3 is 1. The van der Waals surface area contributed by atoms with Crippen LogP contribution >= 0.6 is 11.6 Å². The minimum absolute atomic E-state index is 0.0903. The van der Waals surface area contributed by atoms with Crippen LogP contribution in [0.4, 0.5) is 5.82 Å². The highest BCUT2D eigenvalue weighted by molar-refractivity contribution is 6.30. The molecule has 2 heterocycles. The summed E-state index contributed by atoms with van der Waals surface area (Å²) < 4.78 is 4.85. The van der Waals surface area contributed by atoms with Gasteiger partial charge in [-0.1, -0.05) is 18.5 Å². The van der Waals surface area contributed by atoms with Crippen molar-refractivity contribution in [3.05, 3.63) is 16.5 Å². The SMILES string of the molecule is CCc1c(Cl)nc(C)nc1N1CCC[C@@H](C(=O)OC)C1. The molecule has 0 bridgehead atoms. The number of anilines is 1. The highest BCUT2D eigenvalue weighted by Crippen LogP contribution is 2.29. The number of carbonyl (C=O) groups is 1. The minimum atomic E-state index is -0.148. The summed E-state index contributed by atoms with van der Waals surface area (Å²) in [5.41, 5.74) is 0.947. The monoisotopic (exact) mass is 297 g/mol. The van der Waals surface area contributed by atoms with Crippen LogP contribution in [0, 0.1) is 12.8 Å². The summed E-state index contributed by atoms with van der Waals surface area (Å²) >= 11 is 6.21. The summed E-state index contributed by atoms with van der Waals surface area (Å²) in [6.07, 6.45) is 2.58. The Morgan fingerprint density at radius 3 is 2.90 bits per heavy atom. The summed E-state index contributed by atoms with van der Waals surface area (Å²) in [4.78, 5) is 22.6. The number of carbonyl (C=O) groups excluding carboxylic acids is 1. The lowest BCUT2D eigenvalue weighted by Crippen LogP contribution is -2.40. The second kappa shape index (κ2) is 6.39. The molecule has 0 saturated carbocycles. The predicted molar refractivity (Wildman–Crippen MR) is 78.1 cm³/mol. The molecule has 6 heteroatoms. The highest BCUT2D eigenvalue weighted by atomic mass is 35.5. The summed E-state index contributed by atoms with van der Waals surface area (Å²) in [5.74, 6) is 1.28. The lowest BCUT2D eigenvalue weighted by atomic mass is 9.98. The fraction of sp³-hybridized carbons (Fsp3) is 0.643. The number of aryl methyl sites for hydroxylation is 1. The van der Waals surface area contributed by atoms with Crippen LogP contribution in [0.25, 0.3) is 0 Å². The van der Waals surface area contributed by atoms with Crippen LogP contribution in [-0.2, 0) is 16.0 Å². The first-order chi connectivity index (χ1) is 9.56. The number of rotatable bonds is 3. The summed E-state index contributed by atoms with van der Waals surface area (Å²) in [6, 6.07) is 0. The Balaban J connectivity index is 2.29. The first-order valence-electron chi connectivity index (χ1n) is 6.92. The van der Waals surface area contributed by atoms with Gasteiger partial charge in [0, 0.05) is 18.7 Å². The van der Waals surface area contributed by atoms with E-state index in [-0.39, 0.29) is 11.9 Å². The zero-order valence-corrected chi connectivity index (χ0v) is 12.9. The van der Waals surface area contributed by atoms with E-state index in [1.165, 1.54) is 7.11 Å². The van der Waals surface area contributed by atoms with Gasteiger partial charge in [-0.25, -0.2) is 9.97 Å². The predicted octanol–water partition coefficient (Wildman–Crippen LogP) is 2.39. The van der Waals surface area contributed by atoms with Gasteiger partial charge in [-0.2, -0.15) is 0 Å². The molecule has 20 heavy (non-hydrogen) atoms. The maximum atomic E-state index is 11.7. The topological polar surface area (TPSA) is 55.3 Å². The third-order valence-corrected chi connectivity index (χ3v) is 3.97. The van der Waals surface area contributed by atoms with E-state index in [0.29, 0.717) is 17.5 Å². The van der Waals surface area contributed by atoms with Gasteiger partial charge in [0.2, 0.25) is 0 Å². The van der Waals surface area contributed by atoms with Crippen molar-refractivity contribution in [2.24, 2.45) is 5.92 Å². The average Bonchev–Trinajstić information content (AvgIpc) is 2.45. The second-order valence-electron chi connectivity index (χ2n) is 5.03. The first kappa shape index (κ1) is 15.0. The van der Waals surface area contributed by atoms with E-state index in [4.69, 9.17) is 16.3 Å². The van der Waals surface area contributed by atoms with E-state index in [1.807, 2.05) is 13.8 Å². The highest BCUT2D eigenvalue weighted by Gasteiger charge is 2.28. The Hall–Kier alpha value is -1.36. The Bertz CT molecular complexity index is 507. The van der Waals surface area contributed by atoms with Gasteiger partial charge in [0.15, 0.2) is 0 Å². The number of hydrogen-bond acceptors (Lipinski definition) is 5. The number of esters is 1. The fourth-order valence-electron chi connectivity index (χ4n) is 2.64. The number of hydrogen-bond donors (Lipinski definition) is 0. The van der Waals surface area contributed by atoms with Crippen molar-refractivity contribution < 1.29 is 9.53 Å². The van der Waals surface area contributed by atoms with Crippen molar-refractivity contribution in [3.63, 3.8) is 0 Å². The Morgan fingerprint density at radius 2 is 2.25 bits per heavy atom. The third kappa shape index (κ3) is 3.03. The lowest BCUT2D eigenvalue weighted by molar-refractivity contribution is -0.145. The molecular weight excluding hydrogens is 278 g/mol. The lowest BCUT2D eigenvalue weighted by Gasteiger charge is -2.33. The fourth-order valence-corrected chi connectivity index (χ4v) is 2.98.